The van der Waals surface area contributed by atoms with Crippen LogP contribution in [0.15, 0.2) is 39.6 Å². The van der Waals surface area contributed by atoms with E-state index in [-0.39, 0.29) is 17.2 Å². The molecule has 0 aliphatic carbocycles. The second-order valence-electron chi connectivity index (χ2n) is 6.52. The monoisotopic (exact) mass is 401 g/mol. The lowest BCUT2D eigenvalue weighted by Gasteiger charge is -2.16. The van der Waals surface area contributed by atoms with Crippen molar-refractivity contribution in [2.24, 2.45) is 0 Å². The Hall–Kier alpha value is -2.12. The Morgan fingerprint density at radius 2 is 2.04 bits per heavy atom. The topological polar surface area (TPSA) is 66.1 Å². The number of amides is 1. The van der Waals surface area contributed by atoms with E-state index >= 15 is 0 Å². The summed E-state index contributed by atoms with van der Waals surface area (Å²) >= 11 is 2.73. The van der Waals surface area contributed by atoms with Gasteiger partial charge in [0.25, 0.3) is 5.56 Å². The number of aromatic nitrogens is 2. The van der Waals surface area contributed by atoms with E-state index in [0.717, 1.165) is 30.5 Å². The number of fused-ring (bicyclic) bond motifs is 1. The summed E-state index contributed by atoms with van der Waals surface area (Å²) in [5.74, 6) is 0.313. The summed E-state index contributed by atoms with van der Waals surface area (Å²) in [6.07, 6.45) is 2.04. The maximum Gasteiger partial charge on any atom is 0.260 e. The number of thioether (sulfide) groups is 1. The molecule has 0 aliphatic heterocycles. The van der Waals surface area contributed by atoms with Crippen molar-refractivity contribution in [3.05, 3.63) is 45.6 Å². The SMILES string of the molecule is CCCCN(C)C(=O)CSc1nc2scc(-c3ccc(C)cc3)c2c(=O)[nH]1. The van der Waals surface area contributed by atoms with Crippen LogP contribution in [0.1, 0.15) is 25.3 Å². The summed E-state index contributed by atoms with van der Waals surface area (Å²) in [5.41, 5.74) is 2.92. The van der Waals surface area contributed by atoms with Crippen molar-refractivity contribution in [2.75, 3.05) is 19.3 Å². The van der Waals surface area contributed by atoms with Gasteiger partial charge >= 0.3 is 0 Å². The molecule has 0 saturated carbocycles. The summed E-state index contributed by atoms with van der Waals surface area (Å²) < 4.78 is 0. The third-order valence-electron chi connectivity index (χ3n) is 4.39. The van der Waals surface area contributed by atoms with E-state index in [1.165, 1.54) is 28.7 Å². The van der Waals surface area contributed by atoms with Gasteiger partial charge < -0.3 is 9.88 Å². The molecular weight excluding hydrogens is 378 g/mol. The van der Waals surface area contributed by atoms with E-state index in [0.29, 0.717) is 15.4 Å². The number of hydrogen-bond donors (Lipinski definition) is 1. The van der Waals surface area contributed by atoms with Crippen LogP contribution in [0.2, 0.25) is 0 Å². The van der Waals surface area contributed by atoms with E-state index in [4.69, 9.17) is 0 Å². The zero-order valence-corrected chi connectivity index (χ0v) is 17.4. The Balaban J connectivity index is 1.79. The molecule has 0 aliphatic rings. The van der Waals surface area contributed by atoms with Gasteiger partial charge in [0.1, 0.15) is 4.83 Å². The summed E-state index contributed by atoms with van der Waals surface area (Å²) in [5, 5.41) is 3.07. The Kier molecular flexibility index (Phi) is 6.34. The summed E-state index contributed by atoms with van der Waals surface area (Å²) in [6.45, 7) is 4.89. The highest BCUT2D eigenvalue weighted by atomic mass is 32.2. The number of rotatable bonds is 7. The van der Waals surface area contributed by atoms with Crippen LogP contribution < -0.4 is 5.56 Å². The van der Waals surface area contributed by atoms with Crippen LogP contribution in [0.3, 0.4) is 0 Å². The number of thiophene rings is 1. The molecular formula is C20H23N3O2S2. The number of nitrogens with one attached hydrogen (secondary N) is 1. The highest BCUT2D eigenvalue weighted by Gasteiger charge is 2.15. The molecule has 0 unspecified atom stereocenters. The number of H-pyrrole nitrogens is 1. The molecule has 7 heteroatoms. The Morgan fingerprint density at radius 1 is 1.30 bits per heavy atom. The molecule has 0 saturated heterocycles. The number of benzene rings is 1. The van der Waals surface area contributed by atoms with Gasteiger partial charge in [-0.3, -0.25) is 9.59 Å². The zero-order valence-electron chi connectivity index (χ0n) is 15.7. The van der Waals surface area contributed by atoms with Gasteiger partial charge in [-0.1, -0.05) is 54.9 Å². The van der Waals surface area contributed by atoms with Gasteiger partial charge in [-0.2, -0.15) is 0 Å². The highest BCUT2D eigenvalue weighted by molar-refractivity contribution is 7.99. The third-order valence-corrected chi connectivity index (χ3v) is 6.12. The first-order valence-electron chi connectivity index (χ1n) is 8.95. The molecule has 5 nitrogen and oxygen atoms in total. The van der Waals surface area contributed by atoms with Crippen LogP contribution in [-0.2, 0) is 4.79 Å². The molecule has 0 bridgehead atoms. The van der Waals surface area contributed by atoms with Crippen molar-refractivity contribution in [3.8, 4) is 11.1 Å². The minimum absolute atomic E-state index is 0.0442. The van der Waals surface area contributed by atoms with E-state index < -0.39 is 0 Å². The normalized spacial score (nSPS) is 11.1. The summed E-state index contributed by atoms with van der Waals surface area (Å²) in [7, 11) is 1.81. The Bertz CT molecular complexity index is 993. The first kappa shape index (κ1) is 19.6. The van der Waals surface area contributed by atoms with Crippen molar-refractivity contribution < 1.29 is 4.79 Å². The van der Waals surface area contributed by atoms with Gasteiger partial charge in [0, 0.05) is 24.5 Å². The Labute approximate surface area is 166 Å². The summed E-state index contributed by atoms with van der Waals surface area (Å²) in [4.78, 5) is 34.6. The van der Waals surface area contributed by atoms with Crippen LogP contribution in [0.5, 0.6) is 0 Å². The fourth-order valence-electron chi connectivity index (χ4n) is 2.70. The number of hydrogen-bond acceptors (Lipinski definition) is 5. The predicted molar refractivity (Wildman–Crippen MR) is 114 cm³/mol. The van der Waals surface area contributed by atoms with Crippen LogP contribution in [0, 0.1) is 6.92 Å². The van der Waals surface area contributed by atoms with Crippen LogP contribution >= 0.6 is 23.1 Å². The van der Waals surface area contributed by atoms with Crippen molar-refractivity contribution in [3.63, 3.8) is 0 Å². The van der Waals surface area contributed by atoms with Crippen LogP contribution in [0.25, 0.3) is 21.3 Å². The second-order valence-corrected chi connectivity index (χ2v) is 8.35. The standard InChI is InChI=1S/C20H23N3O2S2/c1-4-5-10-23(3)16(24)12-27-20-21-18(25)17-15(11-26-19(17)22-20)14-8-6-13(2)7-9-14/h6-9,11H,4-5,10,12H2,1-3H3,(H,21,22,25). The average Bonchev–Trinajstić information content (AvgIpc) is 3.09. The lowest BCUT2D eigenvalue weighted by atomic mass is 10.1. The lowest BCUT2D eigenvalue weighted by Crippen LogP contribution is -2.29. The maximum atomic E-state index is 12.6. The molecule has 1 N–H and O–H groups in total. The molecule has 3 aromatic rings. The zero-order chi connectivity index (χ0) is 19.4. The predicted octanol–water partition coefficient (Wildman–Crippen LogP) is 4.31. The van der Waals surface area contributed by atoms with Crippen molar-refractivity contribution in [1.82, 2.24) is 14.9 Å². The number of unbranched alkanes of at least 4 members (excludes halogenated alkanes) is 1. The first-order valence-corrected chi connectivity index (χ1v) is 10.8. The Morgan fingerprint density at radius 3 is 2.74 bits per heavy atom. The molecule has 0 fully saturated rings. The second kappa shape index (κ2) is 8.71. The summed E-state index contributed by atoms with van der Waals surface area (Å²) in [6, 6.07) is 8.10. The van der Waals surface area contributed by atoms with E-state index in [1.807, 2.05) is 43.6 Å². The molecule has 2 aromatic heterocycles. The molecule has 1 amide bonds. The number of aromatic amines is 1. The number of aryl methyl sites for hydroxylation is 1. The van der Waals surface area contributed by atoms with Gasteiger partial charge in [0.2, 0.25) is 5.91 Å². The largest absolute Gasteiger partial charge is 0.345 e. The number of nitrogens with zero attached hydrogens (tertiary/aromatic N) is 2. The number of carbonyl (C=O) groups excluding carboxylic acids is 1. The van der Waals surface area contributed by atoms with Crippen molar-refractivity contribution >= 4 is 39.2 Å². The fourth-order valence-corrected chi connectivity index (χ4v) is 4.51. The molecule has 0 atom stereocenters. The fraction of sp³-hybridized carbons (Fsp3) is 0.350. The highest BCUT2D eigenvalue weighted by Crippen LogP contribution is 2.31. The van der Waals surface area contributed by atoms with E-state index in [9.17, 15) is 9.59 Å². The van der Waals surface area contributed by atoms with Gasteiger partial charge in [-0.25, -0.2) is 4.98 Å². The van der Waals surface area contributed by atoms with Crippen molar-refractivity contribution in [1.29, 1.82) is 0 Å². The minimum atomic E-state index is -0.161. The molecule has 0 radical (unpaired) electrons. The molecule has 0 spiro atoms. The molecule has 2 heterocycles. The van der Waals surface area contributed by atoms with Crippen LogP contribution in [-0.4, -0.2) is 40.1 Å². The third kappa shape index (κ3) is 4.59. The van der Waals surface area contributed by atoms with Crippen LogP contribution in [0.4, 0.5) is 0 Å². The molecule has 142 valence electrons. The van der Waals surface area contributed by atoms with E-state index in [2.05, 4.69) is 16.9 Å². The first-order chi connectivity index (χ1) is 13.0. The van der Waals surface area contributed by atoms with E-state index in [1.54, 1.807) is 4.90 Å². The molecule has 1 aromatic carbocycles. The average molecular weight is 402 g/mol. The van der Waals surface area contributed by atoms with Gasteiger partial charge in [-0.15, -0.1) is 11.3 Å². The molecule has 3 rings (SSSR count). The number of carbonyl (C=O) groups is 1. The quantitative estimate of drug-likeness (QED) is 0.473. The smallest absolute Gasteiger partial charge is 0.260 e. The minimum Gasteiger partial charge on any atom is -0.345 e. The van der Waals surface area contributed by atoms with Gasteiger partial charge in [0.05, 0.1) is 11.1 Å². The van der Waals surface area contributed by atoms with Gasteiger partial charge in [0.15, 0.2) is 5.16 Å². The lowest BCUT2D eigenvalue weighted by molar-refractivity contribution is -0.127. The van der Waals surface area contributed by atoms with Gasteiger partial charge in [-0.05, 0) is 18.9 Å². The van der Waals surface area contributed by atoms with Crippen molar-refractivity contribution in [2.45, 2.75) is 31.8 Å². The maximum absolute atomic E-state index is 12.6. The molecule has 27 heavy (non-hydrogen) atoms.